The van der Waals surface area contributed by atoms with Crippen molar-refractivity contribution in [1.82, 2.24) is 5.43 Å². The minimum Gasteiger partial charge on any atom is -0.271 e. The quantitative estimate of drug-likeness (QED) is 0.567. The van der Waals surface area contributed by atoms with E-state index in [0.29, 0.717) is 0 Å². The highest BCUT2D eigenvalue weighted by molar-refractivity contribution is 7.16. The number of hydrogen-bond donors (Lipinski definition) is 2. The van der Waals surface area contributed by atoms with Gasteiger partial charge in [0.05, 0.1) is 10.4 Å². The van der Waals surface area contributed by atoms with Crippen LogP contribution in [0.15, 0.2) is 12.1 Å². The Morgan fingerprint density at radius 1 is 1.73 bits per heavy atom. The average Bonchev–Trinajstić information content (AvgIpc) is 2.39. The van der Waals surface area contributed by atoms with E-state index in [0.717, 1.165) is 10.8 Å². The molecule has 0 saturated heterocycles. The summed E-state index contributed by atoms with van der Waals surface area (Å²) < 4.78 is 0.814. The molecule has 3 N–H and O–H groups in total. The lowest BCUT2D eigenvalue weighted by Gasteiger charge is -2.09. The molecule has 0 fully saturated rings. The summed E-state index contributed by atoms with van der Waals surface area (Å²) in [6, 6.07) is 4.13. The second-order valence-corrected chi connectivity index (χ2v) is 4.02. The third-order valence-corrected chi connectivity index (χ3v) is 2.89. The van der Waals surface area contributed by atoms with Gasteiger partial charge >= 0.3 is 0 Å². The fraction of sp³-hybridized carbons (Fsp3) is 0.429. The summed E-state index contributed by atoms with van der Waals surface area (Å²) in [4.78, 5) is 1.19. The molecule has 1 rings (SSSR count). The van der Waals surface area contributed by atoms with Gasteiger partial charge in [-0.15, -0.1) is 11.3 Å². The maximum absolute atomic E-state index is 5.77. The molecule has 4 heteroatoms. The van der Waals surface area contributed by atoms with Gasteiger partial charge in [0.15, 0.2) is 0 Å². The summed E-state index contributed by atoms with van der Waals surface area (Å²) in [7, 11) is 0. The van der Waals surface area contributed by atoms with E-state index in [1.54, 1.807) is 11.3 Å². The van der Waals surface area contributed by atoms with Crippen LogP contribution < -0.4 is 11.3 Å². The number of hydrazine groups is 1. The van der Waals surface area contributed by atoms with Gasteiger partial charge in [-0.05, 0) is 18.6 Å². The minimum absolute atomic E-state index is 0.243. The van der Waals surface area contributed by atoms with Gasteiger partial charge in [-0.25, -0.2) is 0 Å². The molecule has 0 aliphatic rings. The van der Waals surface area contributed by atoms with Crippen LogP contribution in [0.5, 0.6) is 0 Å². The highest BCUT2D eigenvalue weighted by Gasteiger charge is 2.08. The van der Waals surface area contributed by atoms with E-state index in [9.17, 15) is 0 Å². The first-order valence-electron chi connectivity index (χ1n) is 3.49. The monoisotopic (exact) mass is 190 g/mol. The molecule has 0 saturated carbocycles. The van der Waals surface area contributed by atoms with E-state index in [2.05, 4.69) is 12.3 Å². The zero-order chi connectivity index (χ0) is 8.27. The molecule has 62 valence electrons. The summed E-state index contributed by atoms with van der Waals surface area (Å²) >= 11 is 7.34. The van der Waals surface area contributed by atoms with Crippen molar-refractivity contribution in [1.29, 1.82) is 0 Å². The first-order valence-corrected chi connectivity index (χ1v) is 4.68. The fourth-order valence-electron chi connectivity index (χ4n) is 0.917. The summed E-state index contributed by atoms with van der Waals surface area (Å²) in [5, 5.41) is 0. The summed E-state index contributed by atoms with van der Waals surface area (Å²) in [5.41, 5.74) is 2.73. The van der Waals surface area contributed by atoms with Crippen LogP contribution in [0.3, 0.4) is 0 Å². The summed E-state index contributed by atoms with van der Waals surface area (Å²) in [6.45, 7) is 2.08. The Balaban J connectivity index is 2.73. The van der Waals surface area contributed by atoms with Crippen LogP contribution in [0.25, 0.3) is 0 Å². The molecule has 1 aromatic heterocycles. The molecule has 0 amide bonds. The smallest absolute Gasteiger partial charge is 0.0931 e. The molecule has 11 heavy (non-hydrogen) atoms. The van der Waals surface area contributed by atoms with Crippen molar-refractivity contribution < 1.29 is 0 Å². The Kier molecular flexibility index (Phi) is 3.33. The molecule has 2 nitrogen and oxygen atoms in total. The predicted octanol–water partition coefficient (Wildman–Crippen LogP) is 2.32. The maximum Gasteiger partial charge on any atom is 0.0931 e. The lowest BCUT2D eigenvalue weighted by atomic mass is 10.2. The van der Waals surface area contributed by atoms with Crippen LogP contribution in [-0.4, -0.2) is 0 Å². The normalized spacial score (nSPS) is 13.4. The lowest BCUT2D eigenvalue weighted by molar-refractivity contribution is 0.547. The van der Waals surface area contributed by atoms with E-state index in [4.69, 9.17) is 17.4 Å². The number of halogens is 1. The largest absolute Gasteiger partial charge is 0.271 e. The summed E-state index contributed by atoms with van der Waals surface area (Å²) in [5.74, 6) is 5.34. The molecule has 0 aromatic carbocycles. The Morgan fingerprint density at radius 3 is 2.82 bits per heavy atom. The van der Waals surface area contributed by atoms with Gasteiger partial charge in [-0.2, -0.15) is 0 Å². The van der Waals surface area contributed by atoms with E-state index < -0.39 is 0 Å². The van der Waals surface area contributed by atoms with Crippen LogP contribution in [0.2, 0.25) is 4.34 Å². The Bertz CT molecular complexity index is 220. The van der Waals surface area contributed by atoms with E-state index in [1.165, 1.54) is 4.88 Å². The molecule has 1 atom stereocenters. The molecule has 0 aliphatic carbocycles. The molecule has 1 heterocycles. The number of rotatable bonds is 3. The molecule has 0 radical (unpaired) electrons. The van der Waals surface area contributed by atoms with Gasteiger partial charge in [0.1, 0.15) is 0 Å². The van der Waals surface area contributed by atoms with Crippen molar-refractivity contribution >= 4 is 22.9 Å². The lowest BCUT2D eigenvalue weighted by Crippen LogP contribution is -2.26. The third-order valence-electron chi connectivity index (χ3n) is 1.55. The molecular weight excluding hydrogens is 180 g/mol. The van der Waals surface area contributed by atoms with Crippen LogP contribution in [0.4, 0.5) is 0 Å². The maximum atomic E-state index is 5.77. The third kappa shape index (κ3) is 2.17. The first kappa shape index (κ1) is 9.00. The standard InChI is InChI=1S/C7H11ClN2S/c1-2-5(10-9)6-3-4-7(8)11-6/h3-5,10H,2,9H2,1H3. The van der Waals surface area contributed by atoms with Crippen LogP contribution >= 0.6 is 22.9 Å². The average molecular weight is 191 g/mol. The minimum atomic E-state index is 0.243. The van der Waals surface area contributed by atoms with Crippen LogP contribution in [-0.2, 0) is 0 Å². The van der Waals surface area contributed by atoms with Crippen molar-refractivity contribution in [2.24, 2.45) is 5.84 Å². The van der Waals surface area contributed by atoms with Gasteiger partial charge in [0, 0.05) is 4.88 Å². The van der Waals surface area contributed by atoms with Gasteiger partial charge in [0.25, 0.3) is 0 Å². The molecular formula is C7H11ClN2S. The highest BCUT2D eigenvalue weighted by Crippen LogP contribution is 2.27. The first-order chi connectivity index (χ1) is 5.27. The van der Waals surface area contributed by atoms with E-state index in [1.807, 2.05) is 12.1 Å². The molecule has 0 bridgehead atoms. The van der Waals surface area contributed by atoms with E-state index >= 15 is 0 Å². The summed E-state index contributed by atoms with van der Waals surface area (Å²) in [6.07, 6.45) is 0.980. The number of thiophene rings is 1. The zero-order valence-corrected chi connectivity index (χ0v) is 7.88. The molecule has 1 aromatic rings. The fourth-order valence-corrected chi connectivity index (χ4v) is 2.12. The van der Waals surface area contributed by atoms with Crippen LogP contribution in [0.1, 0.15) is 24.3 Å². The topological polar surface area (TPSA) is 38.0 Å². The SMILES string of the molecule is CCC(NN)c1ccc(Cl)s1. The van der Waals surface area contributed by atoms with Crippen molar-refractivity contribution in [3.8, 4) is 0 Å². The van der Waals surface area contributed by atoms with Crippen molar-refractivity contribution in [3.05, 3.63) is 21.3 Å². The van der Waals surface area contributed by atoms with Crippen molar-refractivity contribution in [2.45, 2.75) is 19.4 Å². The van der Waals surface area contributed by atoms with Gasteiger partial charge in [-0.3, -0.25) is 11.3 Å². The number of hydrogen-bond acceptors (Lipinski definition) is 3. The molecule has 1 unspecified atom stereocenters. The second kappa shape index (κ2) is 4.07. The Labute approximate surface area is 75.3 Å². The van der Waals surface area contributed by atoms with Gasteiger partial charge < -0.3 is 0 Å². The molecule has 0 aliphatic heterocycles. The zero-order valence-electron chi connectivity index (χ0n) is 6.30. The number of nitrogens with one attached hydrogen (secondary N) is 1. The Morgan fingerprint density at radius 2 is 2.45 bits per heavy atom. The predicted molar refractivity (Wildman–Crippen MR) is 49.7 cm³/mol. The van der Waals surface area contributed by atoms with E-state index in [-0.39, 0.29) is 6.04 Å². The Hall–Kier alpha value is -0.0900. The molecule has 0 spiro atoms. The highest BCUT2D eigenvalue weighted by atomic mass is 35.5. The second-order valence-electron chi connectivity index (χ2n) is 2.27. The van der Waals surface area contributed by atoms with Gasteiger partial charge in [-0.1, -0.05) is 18.5 Å². The van der Waals surface area contributed by atoms with Crippen molar-refractivity contribution in [3.63, 3.8) is 0 Å². The van der Waals surface area contributed by atoms with Gasteiger partial charge in [0.2, 0.25) is 0 Å². The van der Waals surface area contributed by atoms with Crippen molar-refractivity contribution in [2.75, 3.05) is 0 Å². The number of nitrogens with two attached hydrogens (primary N) is 1. The van der Waals surface area contributed by atoms with Crippen LogP contribution in [0, 0.1) is 0 Å².